The van der Waals surface area contributed by atoms with E-state index in [-0.39, 0.29) is 50.0 Å². The summed E-state index contributed by atoms with van der Waals surface area (Å²) in [4.78, 5) is 99.1. The van der Waals surface area contributed by atoms with Crippen LogP contribution >= 0.6 is 0 Å². The summed E-state index contributed by atoms with van der Waals surface area (Å²) in [7, 11) is 6.04. The molecule has 1 aromatic carbocycles. The molecule has 0 aliphatic carbocycles. The Morgan fingerprint density at radius 3 is 1.97 bits per heavy atom. The van der Waals surface area contributed by atoms with Crippen molar-refractivity contribution in [2.75, 3.05) is 34.8 Å². The van der Waals surface area contributed by atoms with Crippen molar-refractivity contribution in [3.05, 3.63) is 29.8 Å². The number of methoxy groups -OCH3 is 1. The fourth-order valence-electron chi connectivity index (χ4n) is 7.74. The Kier molecular flexibility index (Phi) is 23.3. The second kappa shape index (κ2) is 26.9. The molecule has 17 heteroatoms. The lowest BCUT2D eigenvalue weighted by molar-refractivity contribution is -0.162. The third kappa shape index (κ3) is 17.0. The lowest BCUT2D eigenvalue weighted by Gasteiger charge is -2.35. The fourth-order valence-corrected chi connectivity index (χ4v) is 7.74. The number of likely N-dealkylation sites (N-methyl/N-ethyl adjacent to an activating group) is 3. The first kappa shape index (κ1) is 55.4. The van der Waals surface area contributed by atoms with Gasteiger partial charge in [-0.1, -0.05) is 73.9 Å². The van der Waals surface area contributed by atoms with E-state index in [1.165, 1.54) is 37.9 Å². The monoisotopic (exact) mass is 903 g/mol. The first-order valence-electron chi connectivity index (χ1n) is 22.9. The molecule has 1 saturated heterocycles. The molecule has 0 bridgehead atoms. The fraction of sp³-hybridized carbons (Fsp3) is 0.723. The summed E-state index contributed by atoms with van der Waals surface area (Å²) in [6.45, 7) is 16.8. The van der Waals surface area contributed by atoms with E-state index < -0.39 is 95.9 Å². The Labute approximate surface area is 380 Å². The molecule has 17 nitrogen and oxygen atoms in total. The van der Waals surface area contributed by atoms with Crippen molar-refractivity contribution in [1.29, 1.82) is 0 Å². The minimum atomic E-state index is -1.26. The number of hydrogen-bond acceptors (Lipinski definition) is 12. The summed E-state index contributed by atoms with van der Waals surface area (Å²) in [6.07, 6.45) is -0.848. The van der Waals surface area contributed by atoms with Gasteiger partial charge in [0, 0.05) is 27.1 Å². The van der Waals surface area contributed by atoms with E-state index in [2.05, 4.69) is 21.3 Å². The SMILES string of the molecule is CC[C@H](C)C[C@@H](O)CC(=O)O[C@H](C(=O)N[C@@H](CC(C)C)C(=O)N1CCC[C@H]1C(=O)N(C)[C@@H](Cc1ccc(OC)cc1)C(=O)O[C@H](C)[C@H](NC(=O)[C@@H](CC(C)C)NC)C(=O)NC)C(C)C. The maximum atomic E-state index is 14.6. The predicted octanol–water partition coefficient (Wildman–Crippen LogP) is 3.14. The molecule has 5 amide bonds. The number of rotatable bonds is 26. The highest BCUT2D eigenvalue weighted by Gasteiger charge is 2.43. The summed E-state index contributed by atoms with van der Waals surface area (Å²) in [5.74, 6) is -3.83. The van der Waals surface area contributed by atoms with E-state index in [4.69, 9.17) is 14.2 Å². The Morgan fingerprint density at radius 1 is 0.828 bits per heavy atom. The summed E-state index contributed by atoms with van der Waals surface area (Å²) in [5.41, 5.74) is 0.668. The summed E-state index contributed by atoms with van der Waals surface area (Å²) < 4.78 is 16.8. The number of aliphatic hydroxyl groups is 1. The zero-order valence-electron chi connectivity index (χ0n) is 40.5. The maximum Gasteiger partial charge on any atom is 0.329 e. The van der Waals surface area contributed by atoms with Crippen molar-refractivity contribution in [3.63, 3.8) is 0 Å². The minimum absolute atomic E-state index is 0.00166. The van der Waals surface area contributed by atoms with Gasteiger partial charge >= 0.3 is 11.9 Å². The number of benzene rings is 1. The van der Waals surface area contributed by atoms with E-state index in [9.17, 15) is 38.7 Å². The van der Waals surface area contributed by atoms with Gasteiger partial charge in [-0.2, -0.15) is 0 Å². The Bertz CT molecular complexity index is 1690. The molecule has 5 N–H and O–H groups in total. The normalized spacial score (nSPS) is 17.6. The molecule has 1 heterocycles. The molecule has 0 spiro atoms. The number of likely N-dealkylation sites (tertiary alicyclic amines) is 1. The third-order valence-electron chi connectivity index (χ3n) is 11.7. The summed E-state index contributed by atoms with van der Waals surface area (Å²) in [6, 6.07) is 1.79. The molecule has 0 aromatic heterocycles. The molecule has 1 fully saturated rings. The van der Waals surface area contributed by atoms with Crippen molar-refractivity contribution in [1.82, 2.24) is 31.1 Å². The van der Waals surface area contributed by atoms with Crippen LogP contribution in [0.1, 0.15) is 113 Å². The van der Waals surface area contributed by atoms with Crippen LogP contribution < -0.4 is 26.0 Å². The number of esters is 2. The molecule has 9 atom stereocenters. The molecule has 1 aliphatic heterocycles. The smallest absolute Gasteiger partial charge is 0.329 e. The van der Waals surface area contributed by atoms with Crippen LogP contribution in [0.2, 0.25) is 0 Å². The number of nitrogens with zero attached hydrogens (tertiary/aromatic N) is 2. The van der Waals surface area contributed by atoms with E-state index in [0.717, 1.165) is 6.42 Å². The second-order valence-corrected chi connectivity index (χ2v) is 18.4. The van der Waals surface area contributed by atoms with Crippen molar-refractivity contribution < 1.29 is 52.9 Å². The minimum Gasteiger partial charge on any atom is -0.497 e. The number of aliphatic hydroxyl groups excluding tert-OH is 1. The Hall–Kier alpha value is -4.77. The van der Waals surface area contributed by atoms with Crippen LogP contribution in [0, 0.1) is 23.7 Å². The molecule has 362 valence electrons. The quantitative estimate of drug-likeness (QED) is 0.0847. The largest absolute Gasteiger partial charge is 0.497 e. The van der Waals surface area contributed by atoms with E-state index in [1.807, 2.05) is 41.5 Å². The van der Waals surface area contributed by atoms with E-state index in [0.29, 0.717) is 30.6 Å². The molecule has 1 aliphatic rings. The number of carbonyl (C=O) groups is 7. The zero-order chi connectivity index (χ0) is 48.4. The van der Waals surface area contributed by atoms with Crippen LogP contribution in [0.25, 0.3) is 0 Å². The molecular weight excluding hydrogens is 825 g/mol. The topological polar surface area (TPSA) is 222 Å². The lowest BCUT2D eigenvalue weighted by atomic mass is 9.99. The van der Waals surface area contributed by atoms with Crippen molar-refractivity contribution >= 4 is 41.5 Å². The Morgan fingerprint density at radius 2 is 1.44 bits per heavy atom. The first-order chi connectivity index (χ1) is 30.1. The molecule has 2 rings (SSSR count). The number of nitrogens with one attached hydrogen (secondary N) is 4. The number of hydrogen-bond donors (Lipinski definition) is 5. The van der Waals surface area contributed by atoms with Gasteiger partial charge in [0.1, 0.15) is 36.0 Å². The number of amides is 5. The van der Waals surface area contributed by atoms with Gasteiger partial charge < -0.3 is 50.4 Å². The van der Waals surface area contributed by atoms with E-state index >= 15 is 0 Å². The van der Waals surface area contributed by atoms with Crippen molar-refractivity contribution in [3.8, 4) is 5.75 Å². The molecular formula is C47H78N6O11. The van der Waals surface area contributed by atoms with Crippen LogP contribution in [0.4, 0.5) is 0 Å². The molecule has 0 unspecified atom stereocenters. The first-order valence-corrected chi connectivity index (χ1v) is 22.9. The standard InChI is InChI=1S/C47H78N6O11/c1-14-30(8)24-33(54)26-39(55)64-41(29(6)7)44(58)50-36(23-28(4)5)45(59)53-21-15-16-37(53)46(60)52(12)38(25-32-17-19-34(62-13)20-18-32)47(61)63-31(9)40(43(57)49-11)51-42(56)35(48-10)22-27(2)3/h17-20,27-31,33,35-38,40-41,48,54H,14-16,21-26H2,1-13H3,(H,49,57)(H,50,58)(H,51,56)/t30-,31+,33+,35+,36-,37-,38-,40-,41-/m0/s1. The zero-order valence-corrected chi connectivity index (χ0v) is 40.5. The number of ether oxygens (including phenoxy) is 3. The molecule has 0 radical (unpaired) electrons. The summed E-state index contributed by atoms with van der Waals surface area (Å²) in [5, 5.41) is 21.5. The van der Waals surface area contributed by atoms with Gasteiger partial charge in [0.25, 0.3) is 5.91 Å². The highest BCUT2D eigenvalue weighted by atomic mass is 16.6. The van der Waals surface area contributed by atoms with Crippen molar-refractivity contribution in [2.45, 2.75) is 162 Å². The van der Waals surface area contributed by atoms with Crippen molar-refractivity contribution in [2.24, 2.45) is 23.7 Å². The third-order valence-corrected chi connectivity index (χ3v) is 11.7. The van der Waals surface area contributed by atoms with Gasteiger partial charge in [-0.15, -0.1) is 0 Å². The average Bonchev–Trinajstić information content (AvgIpc) is 3.74. The van der Waals surface area contributed by atoms with Gasteiger partial charge in [0.15, 0.2) is 6.10 Å². The molecule has 1 aromatic rings. The lowest BCUT2D eigenvalue weighted by Crippen LogP contribution is -2.59. The number of carbonyl (C=O) groups excluding carboxylic acids is 7. The van der Waals surface area contributed by atoms with Gasteiger partial charge in [-0.3, -0.25) is 28.8 Å². The average molecular weight is 903 g/mol. The van der Waals surface area contributed by atoms with Crippen LogP contribution in [-0.4, -0.2) is 140 Å². The van der Waals surface area contributed by atoms with Crippen LogP contribution in [0.3, 0.4) is 0 Å². The molecule has 64 heavy (non-hydrogen) atoms. The second-order valence-electron chi connectivity index (χ2n) is 18.4. The summed E-state index contributed by atoms with van der Waals surface area (Å²) >= 11 is 0. The van der Waals surface area contributed by atoms with Crippen LogP contribution in [0.5, 0.6) is 5.75 Å². The Balaban J connectivity index is 2.41. The molecule has 0 saturated carbocycles. The van der Waals surface area contributed by atoms with Gasteiger partial charge in [0.05, 0.1) is 25.7 Å². The van der Waals surface area contributed by atoms with Crippen LogP contribution in [-0.2, 0) is 49.5 Å². The highest BCUT2D eigenvalue weighted by Crippen LogP contribution is 2.25. The predicted molar refractivity (Wildman–Crippen MR) is 243 cm³/mol. The van der Waals surface area contributed by atoms with Gasteiger partial charge in [-0.25, -0.2) is 4.79 Å². The van der Waals surface area contributed by atoms with Crippen LogP contribution in [0.15, 0.2) is 24.3 Å². The van der Waals surface area contributed by atoms with Gasteiger partial charge in [0.2, 0.25) is 23.6 Å². The van der Waals surface area contributed by atoms with E-state index in [1.54, 1.807) is 45.2 Å². The van der Waals surface area contributed by atoms with Gasteiger partial charge in [-0.05, 0) is 87.4 Å². The maximum absolute atomic E-state index is 14.6. The highest BCUT2D eigenvalue weighted by molar-refractivity contribution is 5.95.